The Balaban J connectivity index is 1.87. The second-order valence-electron chi connectivity index (χ2n) is 7.09. The highest BCUT2D eigenvalue weighted by molar-refractivity contribution is 5.07. The van der Waals surface area contributed by atoms with Crippen LogP contribution < -0.4 is 0 Å². The molecule has 0 heterocycles. The lowest BCUT2D eigenvalue weighted by Gasteiger charge is -2.59. The van der Waals surface area contributed by atoms with E-state index in [1.165, 1.54) is 57.8 Å². The van der Waals surface area contributed by atoms with Crippen molar-refractivity contribution in [1.29, 1.82) is 0 Å². The maximum Gasteiger partial charge on any atom is 0.0706 e. The molecule has 98 valence electrons. The molecule has 0 aromatic carbocycles. The number of hydrogen-bond acceptors (Lipinski definition) is 1. The highest BCUT2D eigenvalue weighted by atomic mass is 16.3. The fourth-order valence-corrected chi connectivity index (χ4v) is 5.40. The molecule has 17 heavy (non-hydrogen) atoms. The van der Waals surface area contributed by atoms with Gasteiger partial charge >= 0.3 is 0 Å². The van der Waals surface area contributed by atoms with Gasteiger partial charge in [0, 0.05) is 0 Å². The normalized spacial score (nSPS) is 50.5. The molecule has 4 unspecified atom stereocenters. The summed E-state index contributed by atoms with van der Waals surface area (Å²) in [7, 11) is 0. The summed E-state index contributed by atoms with van der Waals surface area (Å²) in [5.41, 5.74) is 0.00225. The minimum absolute atomic E-state index is 0.293. The Morgan fingerprint density at radius 3 is 2.29 bits per heavy atom. The summed E-state index contributed by atoms with van der Waals surface area (Å²) in [5.74, 6) is 1.80. The third-order valence-corrected chi connectivity index (χ3v) is 6.48. The van der Waals surface area contributed by atoms with Crippen molar-refractivity contribution in [2.24, 2.45) is 17.3 Å². The Hall–Kier alpha value is -0.0400. The van der Waals surface area contributed by atoms with Crippen molar-refractivity contribution in [3.63, 3.8) is 0 Å². The summed E-state index contributed by atoms with van der Waals surface area (Å²) in [6.45, 7) is 2.32. The third-order valence-electron chi connectivity index (χ3n) is 6.48. The van der Waals surface area contributed by atoms with Crippen LogP contribution in [-0.4, -0.2) is 10.7 Å². The van der Waals surface area contributed by atoms with Gasteiger partial charge in [-0.25, -0.2) is 0 Å². The molecule has 0 spiro atoms. The van der Waals surface area contributed by atoms with E-state index in [9.17, 15) is 5.11 Å². The fraction of sp³-hybridized carbons (Fsp3) is 1.00. The Kier molecular flexibility index (Phi) is 3.01. The second-order valence-corrected chi connectivity index (χ2v) is 7.09. The summed E-state index contributed by atoms with van der Waals surface area (Å²) < 4.78 is 0. The van der Waals surface area contributed by atoms with E-state index >= 15 is 0 Å². The average molecular weight is 236 g/mol. The number of aliphatic hydroxyl groups is 1. The topological polar surface area (TPSA) is 20.2 Å². The van der Waals surface area contributed by atoms with E-state index in [-0.39, 0.29) is 5.60 Å². The van der Waals surface area contributed by atoms with Crippen LogP contribution in [0.3, 0.4) is 0 Å². The predicted octanol–water partition coefficient (Wildman–Crippen LogP) is 4.29. The van der Waals surface area contributed by atoms with Crippen molar-refractivity contribution in [2.45, 2.75) is 83.2 Å². The van der Waals surface area contributed by atoms with Crippen LogP contribution in [0.5, 0.6) is 0 Å². The molecule has 0 bridgehead atoms. The number of fused-ring (bicyclic) bond motifs is 2. The van der Waals surface area contributed by atoms with Gasteiger partial charge in [0.2, 0.25) is 0 Å². The number of rotatable bonds is 1. The lowest BCUT2D eigenvalue weighted by atomic mass is 9.49. The molecular weight excluding hydrogens is 208 g/mol. The predicted molar refractivity (Wildman–Crippen MR) is 70.8 cm³/mol. The molecular formula is C16H28O. The van der Waals surface area contributed by atoms with Gasteiger partial charge in [0.25, 0.3) is 0 Å². The molecule has 1 heteroatoms. The molecule has 3 fully saturated rings. The highest BCUT2D eigenvalue weighted by Gasteiger charge is 2.56. The first-order valence-corrected chi connectivity index (χ1v) is 7.91. The monoisotopic (exact) mass is 236 g/mol. The highest BCUT2D eigenvalue weighted by Crippen LogP contribution is 2.60. The average Bonchev–Trinajstić information content (AvgIpc) is 2.35. The van der Waals surface area contributed by atoms with Crippen molar-refractivity contribution in [3.8, 4) is 0 Å². The molecule has 0 aromatic heterocycles. The van der Waals surface area contributed by atoms with Gasteiger partial charge in [-0.05, 0) is 49.4 Å². The summed E-state index contributed by atoms with van der Waals surface area (Å²) >= 11 is 0. The van der Waals surface area contributed by atoms with Crippen LogP contribution in [-0.2, 0) is 0 Å². The Morgan fingerprint density at radius 1 is 0.941 bits per heavy atom. The van der Waals surface area contributed by atoms with Crippen LogP contribution in [0.4, 0.5) is 0 Å². The van der Waals surface area contributed by atoms with Gasteiger partial charge in [0.1, 0.15) is 0 Å². The molecule has 3 rings (SSSR count). The first-order chi connectivity index (χ1) is 8.19. The maximum atomic E-state index is 11.2. The van der Waals surface area contributed by atoms with Crippen LogP contribution in [0.15, 0.2) is 0 Å². The fourth-order valence-electron chi connectivity index (χ4n) is 5.40. The third kappa shape index (κ3) is 1.77. The minimum atomic E-state index is -0.293. The van der Waals surface area contributed by atoms with Crippen molar-refractivity contribution in [3.05, 3.63) is 0 Å². The quantitative estimate of drug-likeness (QED) is 0.720. The van der Waals surface area contributed by atoms with Crippen LogP contribution in [0.25, 0.3) is 0 Å². The summed E-state index contributed by atoms with van der Waals surface area (Å²) in [6.07, 6.45) is 14.4. The van der Waals surface area contributed by atoms with E-state index in [0.717, 1.165) is 24.7 Å². The Labute approximate surface area is 106 Å². The molecule has 0 radical (unpaired) electrons. The van der Waals surface area contributed by atoms with E-state index in [1.54, 1.807) is 0 Å². The summed E-state index contributed by atoms with van der Waals surface area (Å²) in [4.78, 5) is 0. The van der Waals surface area contributed by atoms with Gasteiger partial charge in [0.15, 0.2) is 0 Å². The molecule has 3 aliphatic rings. The SMILES string of the molecule is CCC12CCCCC1(O)CC1CCCCC1C2. The largest absolute Gasteiger partial charge is 0.389 e. The van der Waals surface area contributed by atoms with Gasteiger partial charge in [-0.1, -0.05) is 45.4 Å². The van der Waals surface area contributed by atoms with Crippen molar-refractivity contribution < 1.29 is 5.11 Å². The Morgan fingerprint density at radius 2 is 1.59 bits per heavy atom. The Bertz CT molecular complexity index is 287. The van der Waals surface area contributed by atoms with Crippen LogP contribution >= 0.6 is 0 Å². The van der Waals surface area contributed by atoms with E-state index in [2.05, 4.69) is 6.92 Å². The summed E-state index contributed by atoms with van der Waals surface area (Å²) in [5, 5.41) is 11.2. The minimum Gasteiger partial charge on any atom is -0.389 e. The molecule has 0 saturated heterocycles. The lowest BCUT2D eigenvalue weighted by molar-refractivity contribution is -0.176. The first-order valence-electron chi connectivity index (χ1n) is 7.91. The summed E-state index contributed by atoms with van der Waals surface area (Å²) in [6, 6.07) is 0. The van der Waals surface area contributed by atoms with E-state index in [1.807, 2.05) is 0 Å². The zero-order valence-corrected chi connectivity index (χ0v) is 11.4. The standard InChI is InChI=1S/C16H28O/c1-2-15-9-5-6-10-16(15,17)12-14-8-4-3-7-13(14)11-15/h13-14,17H,2-12H2,1H3. The molecule has 0 aliphatic heterocycles. The maximum absolute atomic E-state index is 11.2. The molecule has 0 aromatic rings. The molecule has 1 N–H and O–H groups in total. The first kappa shape index (κ1) is 12.0. The van der Waals surface area contributed by atoms with Gasteiger partial charge in [0.05, 0.1) is 5.60 Å². The van der Waals surface area contributed by atoms with E-state index < -0.39 is 0 Å². The van der Waals surface area contributed by atoms with Gasteiger partial charge in [-0.2, -0.15) is 0 Å². The van der Waals surface area contributed by atoms with Crippen LogP contribution in [0.1, 0.15) is 77.6 Å². The molecule has 3 aliphatic carbocycles. The van der Waals surface area contributed by atoms with Gasteiger partial charge in [-0.3, -0.25) is 0 Å². The number of hydrogen-bond donors (Lipinski definition) is 1. The molecule has 4 atom stereocenters. The van der Waals surface area contributed by atoms with E-state index in [4.69, 9.17) is 0 Å². The molecule has 1 nitrogen and oxygen atoms in total. The van der Waals surface area contributed by atoms with Crippen molar-refractivity contribution in [1.82, 2.24) is 0 Å². The van der Waals surface area contributed by atoms with Gasteiger partial charge < -0.3 is 5.11 Å². The molecule has 0 amide bonds. The molecule has 3 saturated carbocycles. The van der Waals surface area contributed by atoms with E-state index in [0.29, 0.717) is 5.41 Å². The lowest BCUT2D eigenvalue weighted by Crippen LogP contribution is -2.57. The van der Waals surface area contributed by atoms with Crippen molar-refractivity contribution in [2.75, 3.05) is 0 Å². The zero-order chi connectivity index (χ0) is 11.9. The van der Waals surface area contributed by atoms with Crippen molar-refractivity contribution >= 4 is 0 Å². The second kappa shape index (κ2) is 4.26. The van der Waals surface area contributed by atoms with Gasteiger partial charge in [-0.15, -0.1) is 0 Å². The van der Waals surface area contributed by atoms with Crippen LogP contribution in [0, 0.1) is 17.3 Å². The van der Waals surface area contributed by atoms with Crippen LogP contribution in [0.2, 0.25) is 0 Å². The smallest absolute Gasteiger partial charge is 0.0706 e. The zero-order valence-electron chi connectivity index (χ0n) is 11.4.